The monoisotopic (exact) mass is 269 g/mol. The van der Waals surface area contributed by atoms with Crippen LogP contribution in [0.3, 0.4) is 0 Å². The molecule has 0 spiro atoms. The Morgan fingerprint density at radius 3 is 2.58 bits per heavy atom. The maximum atomic E-state index is 12.8. The third-order valence-corrected chi connectivity index (χ3v) is 2.78. The molecule has 0 unspecified atom stereocenters. The van der Waals surface area contributed by atoms with Crippen molar-refractivity contribution in [1.82, 2.24) is 9.97 Å². The van der Waals surface area contributed by atoms with E-state index in [1.54, 1.807) is 12.3 Å². The van der Waals surface area contributed by atoms with Gasteiger partial charge in [0.15, 0.2) is 0 Å². The fraction of sp³-hybridized carbons (Fsp3) is 0.308. The van der Waals surface area contributed by atoms with Gasteiger partial charge in [-0.2, -0.15) is 13.2 Å². The first-order valence-electron chi connectivity index (χ1n) is 5.78. The number of H-pyrrole nitrogens is 1. The summed E-state index contributed by atoms with van der Waals surface area (Å²) in [5.41, 5.74) is 0.866. The van der Waals surface area contributed by atoms with Crippen LogP contribution in [-0.4, -0.2) is 9.97 Å². The third-order valence-electron chi connectivity index (χ3n) is 2.78. The molecular weight excluding hydrogens is 255 g/mol. The van der Waals surface area contributed by atoms with Gasteiger partial charge in [-0.05, 0) is 31.5 Å². The molecule has 0 aliphatic rings. The molecule has 0 amide bonds. The number of rotatable bonds is 3. The number of anilines is 1. The first-order valence-corrected chi connectivity index (χ1v) is 5.78. The van der Waals surface area contributed by atoms with E-state index in [1.165, 1.54) is 13.0 Å². The maximum absolute atomic E-state index is 12.8. The van der Waals surface area contributed by atoms with E-state index in [9.17, 15) is 13.2 Å². The highest BCUT2D eigenvalue weighted by Gasteiger charge is 2.32. The summed E-state index contributed by atoms with van der Waals surface area (Å²) in [6, 6.07) is 4.22. The topological polar surface area (TPSA) is 40.7 Å². The molecule has 1 aromatic carbocycles. The number of nitrogens with one attached hydrogen (secondary N) is 2. The van der Waals surface area contributed by atoms with Crippen molar-refractivity contribution < 1.29 is 13.2 Å². The summed E-state index contributed by atoms with van der Waals surface area (Å²) in [5, 5.41) is 2.94. The lowest BCUT2D eigenvalue weighted by Crippen LogP contribution is -2.09. The van der Waals surface area contributed by atoms with Gasteiger partial charge >= 0.3 is 6.18 Å². The Hall–Kier alpha value is -1.98. The van der Waals surface area contributed by atoms with Crippen molar-refractivity contribution in [2.75, 3.05) is 5.32 Å². The number of nitrogens with zero attached hydrogens (tertiary/aromatic N) is 1. The molecule has 3 nitrogen and oxygen atoms in total. The number of alkyl halides is 3. The average Bonchev–Trinajstić information content (AvgIpc) is 2.72. The minimum absolute atomic E-state index is 0.218. The highest BCUT2D eigenvalue weighted by atomic mass is 19.4. The van der Waals surface area contributed by atoms with Crippen LogP contribution in [0, 0.1) is 13.8 Å². The van der Waals surface area contributed by atoms with E-state index in [4.69, 9.17) is 0 Å². The molecule has 0 fully saturated rings. The molecule has 0 bridgehead atoms. The molecule has 0 saturated carbocycles. The summed E-state index contributed by atoms with van der Waals surface area (Å²) in [5.74, 6) is 0.775. The Labute approximate surface area is 108 Å². The third kappa shape index (κ3) is 3.27. The van der Waals surface area contributed by atoms with E-state index in [0.717, 1.165) is 17.6 Å². The fourth-order valence-corrected chi connectivity index (χ4v) is 1.80. The number of aromatic amines is 1. The molecule has 0 atom stereocenters. The van der Waals surface area contributed by atoms with E-state index in [-0.39, 0.29) is 5.56 Å². The number of aryl methyl sites for hydroxylation is 2. The predicted octanol–water partition coefficient (Wildman–Crippen LogP) is 3.66. The van der Waals surface area contributed by atoms with Crippen LogP contribution in [0.25, 0.3) is 0 Å². The van der Waals surface area contributed by atoms with E-state index in [1.807, 2.05) is 6.92 Å². The van der Waals surface area contributed by atoms with Crippen molar-refractivity contribution in [2.45, 2.75) is 26.6 Å². The molecule has 1 aromatic heterocycles. The van der Waals surface area contributed by atoms with Crippen molar-refractivity contribution in [3.05, 3.63) is 47.0 Å². The van der Waals surface area contributed by atoms with E-state index < -0.39 is 11.7 Å². The number of aromatic nitrogens is 2. The van der Waals surface area contributed by atoms with Gasteiger partial charge in [-0.15, -0.1) is 0 Å². The van der Waals surface area contributed by atoms with Crippen LogP contribution in [-0.2, 0) is 12.7 Å². The molecule has 0 saturated heterocycles. The van der Waals surface area contributed by atoms with Gasteiger partial charge in [0.2, 0.25) is 0 Å². The molecule has 0 radical (unpaired) electrons. The Morgan fingerprint density at radius 2 is 2.00 bits per heavy atom. The van der Waals surface area contributed by atoms with E-state index in [2.05, 4.69) is 15.3 Å². The predicted molar refractivity (Wildman–Crippen MR) is 66.8 cm³/mol. The zero-order valence-electron chi connectivity index (χ0n) is 10.6. The number of hydrogen-bond acceptors (Lipinski definition) is 2. The summed E-state index contributed by atoms with van der Waals surface area (Å²) in [7, 11) is 0. The molecule has 2 N–H and O–H groups in total. The standard InChI is InChI=1S/C13H14F3N3/c1-8-3-4-10(5-12(8)13(14,15)16)18-7-11-6-17-9(2)19-11/h3-6,18H,7H2,1-2H3,(H,17,19). The van der Waals surface area contributed by atoms with Crippen molar-refractivity contribution in [3.63, 3.8) is 0 Å². The summed E-state index contributed by atoms with van der Waals surface area (Å²) < 4.78 is 38.3. The molecule has 19 heavy (non-hydrogen) atoms. The van der Waals surface area contributed by atoms with Gasteiger partial charge in [-0.3, -0.25) is 0 Å². The Morgan fingerprint density at radius 1 is 1.26 bits per heavy atom. The highest BCUT2D eigenvalue weighted by molar-refractivity contribution is 5.49. The second-order valence-electron chi connectivity index (χ2n) is 4.37. The lowest BCUT2D eigenvalue weighted by molar-refractivity contribution is -0.138. The van der Waals surface area contributed by atoms with Crippen LogP contribution < -0.4 is 5.32 Å². The van der Waals surface area contributed by atoms with Gasteiger partial charge in [0.05, 0.1) is 24.0 Å². The molecule has 2 rings (SSSR count). The van der Waals surface area contributed by atoms with Crippen molar-refractivity contribution in [3.8, 4) is 0 Å². The molecule has 2 aromatic rings. The first-order chi connectivity index (χ1) is 8.86. The van der Waals surface area contributed by atoms with Crippen LogP contribution in [0.1, 0.15) is 22.6 Å². The zero-order valence-corrected chi connectivity index (χ0v) is 10.6. The van der Waals surface area contributed by atoms with Crippen LogP contribution in [0.2, 0.25) is 0 Å². The normalized spacial score (nSPS) is 11.6. The smallest absolute Gasteiger partial charge is 0.379 e. The Balaban J connectivity index is 2.13. The van der Waals surface area contributed by atoms with Gasteiger partial charge in [0.25, 0.3) is 0 Å². The average molecular weight is 269 g/mol. The lowest BCUT2D eigenvalue weighted by Gasteiger charge is -2.13. The number of imidazole rings is 1. The minimum Gasteiger partial charge on any atom is -0.379 e. The first kappa shape index (κ1) is 13.5. The second kappa shape index (κ2) is 4.95. The number of benzene rings is 1. The molecule has 0 aliphatic heterocycles. The van der Waals surface area contributed by atoms with Crippen molar-refractivity contribution in [2.24, 2.45) is 0 Å². The number of hydrogen-bond donors (Lipinski definition) is 2. The van der Waals surface area contributed by atoms with Crippen LogP contribution in [0.15, 0.2) is 24.4 Å². The van der Waals surface area contributed by atoms with Crippen molar-refractivity contribution in [1.29, 1.82) is 0 Å². The van der Waals surface area contributed by atoms with Gasteiger partial charge in [0, 0.05) is 5.69 Å². The maximum Gasteiger partial charge on any atom is 0.416 e. The summed E-state index contributed by atoms with van der Waals surface area (Å²) in [4.78, 5) is 7.03. The SMILES string of the molecule is Cc1ncc(CNc2ccc(C)c(C(F)(F)F)c2)[nH]1. The van der Waals surface area contributed by atoms with Crippen molar-refractivity contribution >= 4 is 5.69 Å². The summed E-state index contributed by atoms with van der Waals surface area (Å²) in [6.07, 6.45) is -2.67. The highest BCUT2D eigenvalue weighted by Crippen LogP contribution is 2.33. The Kier molecular flexibility index (Phi) is 3.50. The second-order valence-corrected chi connectivity index (χ2v) is 4.37. The van der Waals surface area contributed by atoms with Crippen LogP contribution in [0.4, 0.5) is 18.9 Å². The molecular formula is C13H14F3N3. The van der Waals surface area contributed by atoms with Gasteiger partial charge < -0.3 is 10.3 Å². The van der Waals surface area contributed by atoms with Gasteiger partial charge in [-0.25, -0.2) is 4.98 Å². The molecule has 102 valence electrons. The van der Waals surface area contributed by atoms with Crippen LogP contribution >= 0.6 is 0 Å². The van der Waals surface area contributed by atoms with E-state index >= 15 is 0 Å². The summed E-state index contributed by atoms with van der Waals surface area (Å²) >= 11 is 0. The Bertz CT molecular complexity index is 573. The molecule has 0 aliphatic carbocycles. The van der Waals surface area contributed by atoms with E-state index in [0.29, 0.717) is 12.2 Å². The zero-order chi connectivity index (χ0) is 14.0. The molecule has 1 heterocycles. The molecule has 6 heteroatoms. The number of halogens is 3. The summed E-state index contributed by atoms with van der Waals surface area (Å²) in [6.45, 7) is 3.67. The van der Waals surface area contributed by atoms with Gasteiger partial charge in [0.1, 0.15) is 5.82 Å². The van der Waals surface area contributed by atoms with Crippen LogP contribution in [0.5, 0.6) is 0 Å². The van der Waals surface area contributed by atoms with Gasteiger partial charge in [-0.1, -0.05) is 6.07 Å². The lowest BCUT2D eigenvalue weighted by atomic mass is 10.1. The fourth-order valence-electron chi connectivity index (χ4n) is 1.80. The minimum atomic E-state index is -4.33. The largest absolute Gasteiger partial charge is 0.416 e. The quantitative estimate of drug-likeness (QED) is 0.892.